The Morgan fingerprint density at radius 1 is 1.27 bits per heavy atom. The van der Waals surface area contributed by atoms with Gasteiger partial charge in [0, 0.05) is 11.8 Å². The van der Waals surface area contributed by atoms with Crippen LogP contribution in [0.1, 0.15) is 33.1 Å². The largest absolute Gasteiger partial charge is 0.198 e. The molecule has 0 aliphatic carbocycles. The van der Waals surface area contributed by atoms with E-state index in [1.807, 2.05) is 6.92 Å². The first-order chi connectivity index (χ1) is 5.24. The van der Waals surface area contributed by atoms with E-state index in [-0.39, 0.29) is 11.8 Å². The lowest BCUT2D eigenvalue weighted by Gasteiger charge is -2.07. The standard InChI is InChI=1S/C9H14N2/c1-3-4-9(7-11)5-8(2)6-10/h8-9H,3-5H2,1-2H3. The molecule has 60 valence electrons. The van der Waals surface area contributed by atoms with Crippen molar-refractivity contribution in [2.75, 3.05) is 0 Å². The first-order valence-electron chi connectivity index (χ1n) is 4.03. The maximum absolute atomic E-state index is 8.64. The Labute approximate surface area is 68.4 Å². The molecule has 2 unspecified atom stereocenters. The minimum atomic E-state index is 0.0196. The van der Waals surface area contributed by atoms with Crippen molar-refractivity contribution in [2.24, 2.45) is 11.8 Å². The molecule has 2 atom stereocenters. The number of hydrogen-bond acceptors (Lipinski definition) is 2. The van der Waals surface area contributed by atoms with Crippen molar-refractivity contribution < 1.29 is 0 Å². The summed E-state index contributed by atoms with van der Waals surface area (Å²) < 4.78 is 0. The quantitative estimate of drug-likeness (QED) is 0.618. The number of nitrogens with zero attached hydrogens (tertiary/aromatic N) is 2. The Morgan fingerprint density at radius 3 is 2.27 bits per heavy atom. The summed E-state index contributed by atoms with van der Waals surface area (Å²) in [6, 6.07) is 4.35. The molecule has 0 aromatic rings. The SMILES string of the molecule is CCCC(C#N)CC(C)C#N. The summed E-state index contributed by atoms with van der Waals surface area (Å²) >= 11 is 0. The van der Waals surface area contributed by atoms with Crippen LogP contribution >= 0.6 is 0 Å². The molecule has 0 fully saturated rings. The monoisotopic (exact) mass is 150 g/mol. The van der Waals surface area contributed by atoms with Crippen LogP contribution < -0.4 is 0 Å². The van der Waals surface area contributed by atoms with Gasteiger partial charge >= 0.3 is 0 Å². The number of rotatable bonds is 4. The van der Waals surface area contributed by atoms with Gasteiger partial charge in [0.1, 0.15) is 0 Å². The molecular weight excluding hydrogens is 136 g/mol. The van der Waals surface area contributed by atoms with Gasteiger partial charge in [0.05, 0.1) is 12.1 Å². The highest BCUT2D eigenvalue weighted by Gasteiger charge is 2.10. The predicted octanol–water partition coefficient (Wildman–Crippen LogP) is 2.48. The van der Waals surface area contributed by atoms with Crippen LogP contribution in [0.4, 0.5) is 0 Å². The van der Waals surface area contributed by atoms with E-state index in [4.69, 9.17) is 10.5 Å². The molecule has 0 aromatic heterocycles. The highest BCUT2D eigenvalue weighted by atomic mass is 14.3. The van der Waals surface area contributed by atoms with Gasteiger partial charge in [-0.2, -0.15) is 10.5 Å². The lowest BCUT2D eigenvalue weighted by molar-refractivity contribution is 0.490. The fraction of sp³-hybridized carbons (Fsp3) is 0.778. The van der Waals surface area contributed by atoms with Crippen LogP contribution in [-0.2, 0) is 0 Å². The molecule has 0 saturated carbocycles. The second-order valence-electron chi connectivity index (χ2n) is 2.88. The van der Waals surface area contributed by atoms with Crippen LogP contribution in [-0.4, -0.2) is 0 Å². The molecule has 11 heavy (non-hydrogen) atoms. The average Bonchev–Trinajstić information content (AvgIpc) is 2.03. The van der Waals surface area contributed by atoms with Crippen molar-refractivity contribution in [1.82, 2.24) is 0 Å². The van der Waals surface area contributed by atoms with Crippen molar-refractivity contribution in [3.63, 3.8) is 0 Å². The molecule has 0 amide bonds. The molecule has 0 spiro atoms. The lowest BCUT2D eigenvalue weighted by Crippen LogP contribution is -2.02. The van der Waals surface area contributed by atoms with Gasteiger partial charge in [0.2, 0.25) is 0 Å². The zero-order valence-electron chi connectivity index (χ0n) is 7.17. The topological polar surface area (TPSA) is 47.6 Å². The van der Waals surface area contributed by atoms with Gasteiger partial charge in [-0.05, 0) is 19.8 Å². The summed E-state index contributed by atoms with van der Waals surface area (Å²) in [5, 5.41) is 17.1. The Bertz CT molecular complexity index is 173. The maximum atomic E-state index is 8.64. The lowest BCUT2D eigenvalue weighted by atomic mass is 9.94. The van der Waals surface area contributed by atoms with Crippen LogP contribution in [0.3, 0.4) is 0 Å². The van der Waals surface area contributed by atoms with Crippen molar-refractivity contribution in [3.05, 3.63) is 0 Å². The van der Waals surface area contributed by atoms with Gasteiger partial charge < -0.3 is 0 Å². The van der Waals surface area contributed by atoms with Gasteiger partial charge in [-0.15, -0.1) is 0 Å². The van der Waals surface area contributed by atoms with E-state index in [1.165, 1.54) is 0 Å². The molecule has 0 bridgehead atoms. The van der Waals surface area contributed by atoms with Crippen molar-refractivity contribution in [1.29, 1.82) is 10.5 Å². The summed E-state index contributed by atoms with van der Waals surface area (Å²) in [6.07, 6.45) is 2.67. The fourth-order valence-electron chi connectivity index (χ4n) is 1.06. The smallest absolute Gasteiger partial charge is 0.0656 e. The third-order valence-electron chi connectivity index (χ3n) is 1.68. The summed E-state index contributed by atoms with van der Waals surface area (Å²) in [4.78, 5) is 0. The molecule has 2 heteroatoms. The third-order valence-corrected chi connectivity index (χ3v) is 1.68. The van der Waals surface area contributed by atoms with Crippen LogP contribution in [0.15, 0.2) is 0 Å². The number of nitriles is 2. The fourth-order valence-corrected chi connectivity index (χ4v) is 1.06. The van der Waals surface area contributed by atoms with Gasteiger partial charge in [-0.1, -0.05) is 13.3 Å². The van der Waals surface area contributed by atoms with E-state index >= 15 is 0 Å². The Morgan fingerprint density at radius 2 is 1.91 bits per heavy atom. The van der Waals surface area contributed by atoms with Crippen LogP contribution in [0.5, 0.6) is 0 Å². The van der Waals surface area contributed by atoms with E-state index in [1.54, 1.807) is 0 Å². The summed E-state index contributed by atoms with van der Waals surface area (Å²) in [7, 11) is 0. The van der Waals surface area contributed by atoms with Crippen LogP contribution in [0, 0.1) is 34.5 Å². The van der Waals surface area contributed by atoms with Crippen LogP contribution in [0.25, 0.3) is 0 Å². The van der Waals surface area contributed by atoms with Crippen molar-refractivity contribution in [3.8, 4) is 12.1 Å². The van der Waals surface area contributed by atoms with Gasteiger partial charge in [0.15, 0.2) is 0 Å². The van der Waals surface area contributed by atoms with E-state index < -0.39 is 0 Å². The summed E-state index contributed by atoms with van der Waals surface area (Å²) in [5.41, 5.74) is 0. The van der Waals surface area contributed by atoms with Crippen molar-refractivity contribution >= 4 is 0 Å². The van der Waals surface area contributed by atoms with Gasteiger partial charge in [-0.25, -0.2) is 0 Å². The molecule has 0 radical (unpaired) electrons. The maximum Gasteiger partial charge on any atom is 0.0656 e. The molecule has 0 saturated heterocycles. The first-order valence-corrected chi connectivity index (χ1v) is 4.03. The van der Waals surface area contributed by atoms with Crippen LogP contribution in [0.2, 0.25) is 0 Å². The summed E-state index contributed by atoms with van der Waals surface area (Å²) in [6.45, 7) is 3.92. The second kappa shape index (κ2) is 5.74. The number of hydrogen-bond donors (Lipinski definition) is 0. The molecular formula is C9H14N2. The Balaban J connectivity index is 3.72. The normalized spacial score (nSPS) is 14.5. The third kappa shape index (κ3) is 4.39. The molecule has 0 aliphatic rings. The van der Waals surface area contributed by atoms with E-state index in [9.17, 15) is 0 Å². The van der Waals surface area contributed by atoms with Gasteiger partial charge in [-0.3, -0.25) is 0 Å². The molecule has 0 aromatic carbocycles. The zero-order valence-corrected chi connectivity index (χ0v) is 7.17. The highest BCUT2D eigenvalue weighted by molar-refractivity contribution is 4.89. The van der Waals surface area contributed by atoms with E-state index in [0.717, 1.165) is 19.3 Å². The first kappa shape index (κ1) is 9.98. The minimum Gasteiger partial charge on any atom is -0.198 e. The molecule has 0 rings (SSSR count). The minimum absolute atomic E-state index is 0.0196. The van der Waals surface area contributed by atoms with E-state index in [2.05, 4.69) is 19.1 Å². The zero-order chi connectivity index (χ0) is 8.69. The summed E-state index contributed by atoms with van der Waals surface area (Å²) in [5.74, 6) is 0.0980. The molecule has 0 N–H and O–H groups in total. The Kier molecular flexibility index (Phi) is 5.21. The predicted molar refractivity (Wildman–Crippen MR) is 43.4 cm³/mol. The molecule has 0 aliphatic heterocycles. The highest BCUT2D eigenvalue weighted by Crippen LogP contribution is 2.15. The molecule has 0 heterocycles. The van der Waals surface area contributed by atoms with Gasteiger partial charge in [0.25, 0.3) is 0 Å². The molecule has 2 nitrogen and oxygen atoms in total. The van der Waals surface area contributed by atoms with Crippen molar-refractivity contribution in [2.45, 2.75) is 33.1 Å². The van der Waals surface area contributed by atoms with E-state index in [0.29, 0.717) is 0 Å². The second-order valence-corrected chi connectivity index (χ2v) is 2.88. The average molecular weight is 150 g/mol. The Hall–Kier alpha value is -1.02.